The highest BCUT2D eigenvalue weighted by Gasteiger charge is 2.23. The molecule has 1 amide bonds. The number of Topliss-reactive ketones (excluding diaryl/α,β-unsaturated/α-hetero) is 1. The molecule has 0 atom stereocenters. The molecule has 0 aromatic heterocycles. The van der Waals surface area contributed by atoms with Crippen LogP contribution in [-0.4, -0.2) is 17.4 Å². The highest BCUT2D eigenvalue weighted by atomic mass is 35.5. The van der Waals surface area contributed by atoms with Crippen molar-refractivity contribution in [3.8, 4) is 0 Å². The Morgan fingerprint density at radius 3 is 2.94 bits per heavy atom. The largest absolute Gasteiger partial charge is 0.326 e. The van der Waals surface area contributed by atoms with Crippen molar-refractivity contribution in [2.45, 2.75) is 18.2 Å². The van der Waals surface area contributed by atoms with Crippen LogP contribution < -0.4 is 5.32 Å². The Bertz CT molecular complexity index is 473. The van der Waals surface area contributed by atoms with E-state index < -0.39 is 0 Å². The van der Waals surface area contributed by atoms with Gasteiger partial charge < -0.3 is 5.32 Å². The molecule has 1 aliphatic heterocycles. The molecule has 0 unspecified atom stereocenters. The van der Waals surface area contributed by atoms with Gasteiger partial charge in [-0.05, 0) is 12.1 Å². The first-order valence-corrected chi connectivity index (χ1v) is 6.22. The van der Waals surface area contributed by atoms with Crippen molar-refractivity contribution in [2.24, 2.45) is 0 Å². The average Bonchev–Trinajstić information content (AvgIpc) is 2.22. The van der Waals surface area contributed by atoms with Gasteiger partial charge in [0.05, 0.1) is 16.3 Å². The van der Waals surface area contributed by atoms with Crippen LogP contribution in [0, 0.1) is 0 Å². The number of halogens is 1. The van der Waals surface area contributed by atoms with Crippen LogP contribution >= 0.6 is 23.4 Å². The van der Waals surface area contributed by atoms with Crippen LogP contribution in [0.1, 0.15) is 23.7 Å². The molecular weight excluding hydrogens is 246 g/mol. The Labute approximate surface area is 103 Å². The quantitative estimate of drug-likeness (QED) is 0.839. The molecule has 0 aliphatic carbocycles. The maximum atomic E-state index is 11.8. The number of nitrogens with one attached hydrogen (secondary N) is 1. The van der Waals surface area contributed by atoms with E-state index >= 15 is 0 Å². The molecule has 5 heteroatoms. The fraction of sp³-hybridized carbons (Fsp3) is 0.273. The molecule has 1 heterocycles. The minimum Gasteiger partial charge on any atom is -0.326 e. The van der Waals surface area contributed by atoms with Crippen molar-refractivity contribution in [2.75, 3.05) is 11.1 Å². The van der Waals surface area contributed by atoms with Gasteiger partial charge >= 0.3 is 0 Å². The Morgan fingerprint density at radius 1 is 1.50 bits per heavy atom. The lowest BCUT2D eigenvalue weighted by Gasteiger charge is -2.19. The van der Waals surface area contributed by atoms with E-state index in [1.807, 2.05) is 0 Å². The second-order valence-corrected chi connectivity index (χ2v) is 5.01. The molecule has 0 radical (unpaired) electrons. The Kier molecular flexibility index (Phi) is 3.21. The van der Waals surface area contributed by atoms with Gasteiger partial charge in [-0.25, -0.2) is 0 Å². The number of carbonyl (C=O) groups is 2. The van der Waals surface area contributed by atoms with Crippen molar-refractivity contribution >= 4 is 40.7 Å². The number of anilines is 1. The third-order valence-electron chi connectivity index (χ3n) is 2.27. The van der Waals surface area contributed by atoms with Crippen molar-refractivity contribution in [3.63, 3.8) is 0 Å². The molecule has 0 fully saturated rings. The van der Waals surface area contributed by atoms with Crippen molar-refractivity contribution in [1.29, 1.82) is 0 Å². The summed E-state index contributed by atoms with van der Waals surface area (Å²) in [5.74, 6) is 0.600. The van der Waals surface area contributed by atoms with E-state index in [1.54, 1.807) is 23.9 Å². The smallest absolute Gasteiger partial charge is 0.221 e. The number of hydrogen-bond donors (Lipinski definition) is 1. The minimum absolute atomic E-state index is 0.0417. The second-order valence-electron chi connectivity index (χ2n) is 3.50. The fourth-order valence-corrected chi connectivity index (χ4v) is 3.03. The molecule has 0 saturated heterocycles. The molecule has 0 spiro atoms. The first-order chi connectivity index (χ1) is 7.59. The van der Waals surface area contributed by atoms with Gasteiger partial charge in [-0.1, -0.05) is 11.6 Å². The summed E-state index contributed by atoms with van der Waals surface area (Å²) >= 11 is 7.59. The summed E-state index contributed by atoms with van der Waals surface area (Å²) in [7, 11) is 0. The van der Waals surface area contributed by atoms with Crippen LogP contribution in [0.5, 0.6) is 0 Å². The molecular formula is C11H10ClNO2S. The minimum atomic E-state index is -0.187. The zero-order chi connectivity index (χ0) is 11.7. The highest BCUT2D eigenvalue weighted by molar-refractivity contribution is 7.99. The molecule has 0 saturated carbocycles. The molecule has 0 bridgehead atoms. The van der Waals surface area contributed by atoms with E-state index in [9.17, 15) is 9.59 Å². The van der Waals surface area contributed by atoms with Gasteiger partial charge in [0, 0.05) is 24.0 Å². The van der Waals surface area contributed by atoms with Crippen LogP contribution in [0.2, 0.25) is 5.02 Å². The summed E-state index contributed by atoms with van der Waals surface area (Å²) in [6, 6.07) is 3.38. The summed E-state index contributed by atoms with van der Waals surface area (Å²) in [6.07, 6.45) is 0.491. The van der Waals surface area contributed by atoms with Gasteiger partial charge in [-0.3, -0.25) is 9.59 Å². The summed E-state index contributed by atoms with van der Waals surface area (Å²) in [6.45, 7) is 1.42. The Hall–Kier alpha value is -1.000. The molecule has 16 heavy (non-hydrogen) atoms. The monoisotopic (exact) mass is 255 g/mol. The lowest BCUT2D eigenvalue weighted by molar-refractivity contribution is -0.114. The van der Waals surface area contributed by atoms with E-state index in [-0.39, 0.29) is 11.7 Å². The lowest BCUT2D eigenvalue weighted by atomic mass is 10.1. The van der Waals surface area contributed by atoms with Gasteiger partial charge in [0.25, 0.3) is 0 Å². The van der Waals surface area contributed by atoms with E-state index in [4.69, 9.17) is 11.6 Å². The van der Waals surface area contributed by atoms with E-state index in [0.29, 0.717) is 22.7 Å². The predicted octanol–water partition coefficient (Wildman–Crippen LogP) is 2.98. The average molecular weight is 256 g/mol. The third kappa shape index (κ3) is 2.08. The van der Waals surface area contributed by atoms with Gasteiger partial charge in [0.2, 0.25) is 5.91 Å². The number of amides is 1. The summed E-state index contributed by atoms with van der Waals surface area (Å²) in [5.41, 5.74) is 1.11. The number of fused-ring (bicyclic) bond motifs is 1. The first-order valence-electron chi connectivity index (χ1n) is 4.85. The summed E-state index contributed by atoms with van der Waals surface area (Å²) in [5, 5.41) is 3.23. The Balaban J connectivity index is 2.55. The fourth-order valence-electron chi connectivity index (χ4n) is 1.64. The highest BCUT2D eigenvalue weighted by Crippen LogP contribution is 2.39. The number of rotatable bonds is 1. The van der Waals surface area contributed by atoms with E-state index in [2.05, 4.69) is 5.32 Å². The molecule has 1 aliphatic rings. The summed E-state index contributed by atoms with van der Waals surface area (Å²) in [4.78, 5) is 23.6. The molecule has 1 aromatic carbocycles. The van der Waals surface area contributed by atoms with Gasteiger partial charge in [0.1, 0.15) is 0 Å². The van der Waals surface area contributed by atoms with Crippen molar-refractivity contribution in [3.05, 3.63) is 22.7 Å². The van der Waals surface area contributed by atoms with Crippen LogP contribution in [-0.2, 0) is 4.79 Å². The lowest BCUT2D eigenvalue weighted by Crippen LogP contribution is -2.15. The van der Waals surface area contributed by atoms with Crippen LogP contribution in [0.4, 0.5) is 5.69 Å². The predicted molar refractivity (Wildman–Crippen MR) is 65.4 cm³/mol. The number of ketones is 1. The van der Waals surface area contributed by atoms with E-state index in [1.165, 1.54) is 6.92 Å². The standard InChI is InChI=1S/C11H10ClNO2S/c1-6(14)13-8-3-2-7(12)11-10(8)9(15)4-5-16-11/h2-3H,4-5H2,1H3,(H,13,14). The maximum absolute atomic E-state index is 11.8. The van der Waals surface area contributed by atoms with Crippen LogP contribution in [0.3, 0.4) is 0 Å². The maximum Gasteiger partial charge on any atom is 0.221 e. The summed E-state index contributed by atoms with van der Waals surface area (Å²) < 4.78 is 0. The van der Waals surface area contributed by atoms with Crippen molar-refractivity contribution < 1.29 is 9.59 Å². The van der Waals surface area contributed by atoms with Gasteiger partial charge in [-0.2, -0.15) is 0 Å². The Morgan fingerprint density at radius 2 is 2.25 bits per heavy atom. The number of hydrogen-bond acceptors (Lipinski definition) is 3. The van der Waals surface area contributed by atoms with Gasteiger partial charge in [0.15, 0.2) is 5.78 Å². The molecule has 1 aromatic rings. The third-order valence-corrected chi connectivity index (χ3v) is 3.82. The number of benzene rings is 1. The van der Waals surface area contributed by atoms with Crippen LogP contribution in [0.25, 0.3) is 0 Å². The zero-order valence-corrected chi connectivity index (χ0v) is 10.2. The molecule has 2 rings (SSSR count). The molecule has 84 valence electrons. The normalized spacial score (nSPS) is 14.5. The molecule has 1 N–H and O–H groups in total. The van der Waals surface area contributed by atoms with Gasteiger partial charge in [-0.15, -0.1) is 11.8 Å². The number of thioether (sulfide) groups is 1. The number of carbonyl (C=O) groups excluding carboxylic acids is 2. The van der Waals surface area contributed by atoms with E-state index in [0.717, 1.165) is 10.6 Å². The molecule has 3 nitrogen and oxygen atoms in total. The zero-order valence-electron chi connectivity index (χ0n) is 8.67. The SMILES string of the molecule is CC(=O)Nc1ccc(Cl)c2c1C(=O)CCS2. The second kappa shape index (κ2) is 4.47. The topological polar surface area (TPSA) is 46.2 Å². The van der Waals surface area contributed by atoms with Crippen LogP contribution in [0.15, 0.2) is 17.0 Å². The first kappa shape index (κ1) is 11.5. The van der Waals surface area contributed by atoms with Crippen molar-refractivity contribution in [1.82, 2.24) is 0 Å².